The molecule has 0 aliphatic heterocycles. The predicted molar refractivity (Wildman–Crippen MR) is 126 cm³/mol. The Morgan fingerprint density at radius 1 is 1.09 bits per heavy atom. The van der Waals surface area contributed by atoms with E-state index in [0.29, 0.717) is 30.7 Å². The third-order valence-corrected chi connectivity index (χ3v) is 4.89. The Labute approximate surface area is 197 Å². The molecule has 5 N–H and O–H groups in total. The van der Waals surface area contributed by atoms with Crippen LogP contribution in [0.2, 0.25) is 0 Å². The molecule has 184 valence electrons. The van der Waals surface area contributed by atoms with Crippen LogP contribution in [0.25, 0.3) is 0 Å². The highest BCUT2D eigenvalue weighted by atomic mass is 16.5. The van der Waals surface area contributed by atoms with Crippen molar-refractivity contribution in [3.63, 3.8) is 0 Å². The summed E-state index contributed by atoms with van der Waals surface area (Å²) in [7, 11) is 3.61. The van der Waals surface area contributed by atoms with E-state index in [-0.39, 0.29) is 17.5 Å². The molecule has 10 heteroatoms. The number of hydrogen-bond acceptors (Lipinski definition) is 7. The number of methoxy groups -OCH3 is 1. The molecule has 0 radical (unpaired) electrons. The van der Waals surface area contributed by atoms with Crippen molar-refractivity contribution in [1.29, 1.82) is 0 Å². The zero-order chi connectivity index (χ0) is 25.7. The fourth-order valence-corrected chi connectivity index (χ4v) is 2.90. The first-order valence-corrected chi connectivity index (χ1v) is 10.3. The first kappa shape index (κ1) is 28.1. The van der Waals surface area contributed by atoms with E-state index in [1.54, 1.807) is 19.2 Å². The summed E-state index contributed by atoms with van der Waals surface area (Å²) >= 11 is 0. The van der Waals surface area contributed by atoms with Gasteiger partial charge < -0.3 is 35.4 Å². The minimum absolute atomic E-state index is 0.0331. The molecule has 0 saturated heterocycles. The van der Waals surface area contributed by atoms with Gasteiger partial charge in [0.25, 0.3) is 0 Å². The van der Waals surface area contributed by atoms with Crippen molar-refractivity contribution in [2.75, 3.05) is 26.0 Å². The molecule has 0 spiro atoms. The van der Waals surface area contributed by atoms with E-state index < -0.39 is 18.0 Å². The van der Waals surface area contributed by atoms with Gasteiger partial charge in [-0.25, -0.2) is 9.59 Å². The highest BCUT2D eigenvalue weighted by Gasteiger charge is 2.17. The summed E-state index contributed by atoms with van der Waals surface area (Å²) in [4.78, 5) is 31.8. The van der Waals surface area contributed by atoms with Gasteiger partial charge >= 0.3 is 11.9 Å². The molecule has 0 aliphatic rings. The van der Waals surface area contributed by atoms with Gasteiger partial charge in [0.1, 0.15) is 11.5 Å². The molecule has 2 aromatic rings. The van der Waals surface area contributed by atoms with Crippen LogP contribution in [0.1, 0.15) is 24.2 Å². The second-order valence-corrected chi connectivity index (χ2v) is 7.41. The van der Waals surface area contributed by atoms with Gasteiger partial charge in [-0.15, -0.1) is 0 Å². The first-order chi connectivity index (χ1) is 16.1. The van der Waals surface area contributed by atoms with Crippen LogP contribution in [-0.2, 0) is 20.8 Å². The summed E-state index contributed by atoms with van der Waals surface area (Å²) in [5.74, 6) is -1.72. The third-order valence-electron chi connectivity index (χ3n) is 4.89. The summed E-state index contributed by atoms with van der Waals surface area (Å²) in [6.45, 7) is 2.54. The number of carboxylic acids is 2. The van der Waals surface area contributed by atoms with Crippen LogP contribution in [0.4, 0.5) is 5.69 Å². The molecule has 10 nitrogen and oxygen atoms in total. The summed E-state index contributed by atoms with van der Waals surface area (Å²) in [6, 6.07) is 12.9. The number of nitrogens with zero attached hydrogens (tertiary/aromatic N) is 1. The Kier molecular flexibility index (Phi) is 11.8. The number of amides is 1. The first-order valence-electron chi connectivity index (χ1n) is 10.3. The van der Waals surface area contributed by atoms with Gasteiger partial charge in [0.15, 0.2) is 0 Å². The predicted octanol–water partition coefficient (Wildman–Crippen LogP) is 2.28. The second-order valence-electron chi connectivity index (χ2n) is 7.41. The van der Waals surface area contributed by atoms with Crippen LogP contribution in [0, 0.1) is 0 Å². The van der Waals surface area contributed by atoms with Crippen molar-refractivity contribution in [1.82, 2.24) is 4.90 Å². The average molecular weight is 475 g/mol. The number of aliphatic carboxylic acids is 2. The number of ether oxygens (including phenoxy) is 1. The van der Waals surface area contributed by atoms with Gasteiger partial charge in [-0.3, -0.25) is 4.79 Å². The molecule has 2 aromatic carbocycles. The minimum atomic E-state index is -1.26. The third kappa shape index (κ3) is 10.2. The highest BCUT2D eigenvalue weighted by molar-refractivity contribution is 5.89. The van der Waals surface area contributed by atoms with Gasteiger partial charge in [0, 0.05) is 24.7 Å². The molecular weight excluding hydrogens is 444 g/mol. The molecule has 0 aromatic heterocycles. The van der Waals surface area contributed by atoms with E-state index in [9.17, 15) is 24.6 Å². The molecule has 0 fully saturated rings. The van der Waals surface area contributed by atoms with Crippen molar-refractivity contribution in [2.45, 2.75) is 25.5 Å². The molecular formula is C24H30N2O8. The van der Waals surface area contributed by atoms with Crippen molar-refractivity contribution >= 4 is 24.0 Å². The van der Waals surface area contributed by atoms with Crippen LogP contribution in [0.3, 0.4) is 0 Å². The number of aliphatic hydroxyl groups excluding tert-OH is 1. The Balaban J connectivity index is 0.000000620. The fraction of sp³-hybridized carbons (Fsp3) is 0.292. The van der Waals surface area contributed by atoms with Gasteiger partial charge in [-0.2, -0.15) is 0 Å². The minimum Gasteiger partial charge on any atom is -0.506 e. The monoisotopic (exact) mass is 474 g/mol. The lowest BCUT2D eigenvalue weighted by Gasteiger charge is -2.27. The lowest BCUT2D eigenvalue weighted by molar-refractivity contribution is -0.134. The van der Waals surface area contributed by atoms with E-state index in [1.165, 1.54) is 11.6 Å². The molecule has 1 amide bonds. The van der Waals surface area contributed by atoms with Crippen LogP contribution in [0.5, 0.6) is 11.5 Å². The van der Waals surface area contributed by atoms with Crippen LogP contribution < -0.4 is 10.1 Å². The van der Waals surface area contributed by atoms with E-state index in [4.69, 9.17) is 14.9 Å². The van der Waals surface area contributed by atoms with Crippen LogP contribution in [0.15, 0.2) is 54.6 Å². The molecule has 0 heterocycles. The number of nitrogens with one attached hydrogen (secondary N) is 1. The van der Waals surface area contributed by atoms with E-state index in [1.807, 2.05) is 31.3 Å². The van der Waals surface area contributed by atoms with Crippen molar-refractivity contribution in [2.24, 2.45) is 0 Å². The maximum atomic E-state index is 10.6. The maximum Gasteiger partial charge on any atom is 0.328 e. The van der Waals surface area contributed by atoms with E-state index in [2.05, 4.69) is 17.1 Å². The summed E-state index contributed by atoms with van der Waals surface area (Å²) in [5, 5.41) is 38.2. The topological polar surface area (TPSA) is 157 Å². The Bertz CT molecular complexity index is 959. The van der Waals surface area contributed by atoms with Gasteiger partial charge in [-0.1, -0.05) is 18.2 Å². The zero-order valence-electron chi connectivity index (χ0n) is 19.2. The summed E-state index contributed by atoms with van der Waals surface area (Å²) in [5.41, 5.74) is 2.11. The number of phenols is 1. The van der Waals surface area contributed by atoms with Crippen LogP contribution >= 0.6 is 0 Å². The number of carbonyl (C=O) groups excluding carboxylic acids is 1. The number of anilines is 1. The molecule has 0 bridgehead atoms. The summed E-state index contributed by atoms with van der Waals surface area (Å²) < 4.78 is 5.17. The van der Waals surface area contributed by atoms with Crippen molar-refractivity contribution in [3.05, 3.63) is 65.7 Å². The smallest absolute Gasteiger partial charge is 0.328 e. The standard InChI is InChI=1S/C20H26N2O4.C4H4O4/c1-14(10-15-4-7-17(26-3)8-5-15)22(2)12-20(25)16-6-9-19(24)18(11-16)21-13-23;5-3(6)1-2-4(7)8/h4-9,11,13-14,20,24-25H,10,12H2,1-3H3,(H,21,23);1-2H,(H,5,6)(H,7,8)/b;2-1+. The van der Waals surface area contributed by atoms with Crippen LogP contribution in [-0.4, -0.2) is 70.4 Å². The molecule has 34 heavy (non-hydrogen) atoms. The highest BCUT2D eigenvalue weighted by Crippen LogP contribution is 2.27. The zero-order valence-corrected chi connectivity index (χ0v) is 19.2. The molecule has 2 atom stereocenters. The lowest BCUT2D eigenvalue weighted by Crippen LogP contribution is -2.34. The maximum absolute atomic E-state index is 10.6. The van der Waals surface area contributed by atoms with Crippen molar-refractivity contribution in [3.8, 4) is 11.5 Å². The van der Waals surface area contributed by atoms with E-state index >= 15 is 0 Å². The molecule has 2 unspecified atom stereocenters. The lowest BCUT2D eigenvalue weighted by atomic mass is 10.0. The van der Waals surface area contributed by atoms with E-state index in [0.717, 1.165) is 12.2 Å². The Morgan fingerprint density at radius 3 is 2.18 bits per heavy atom. The number of carbonyl (C=O) groups is 3. The number of hydrogen-bond donors (Lipinski definition) is 5. The number of rotatable bonds is 11. The number of aromatic hydroxyl groups is 1. The largest absolute Gasteiger partial charge is 0.506 e. The normalized spacial score (nSPS) is 12.4. The number of aliphatic hydroxyl groups is 1. The average Bonchev–Trinajstić information content (AvgIpc) is 2.80. The number of likely N-dealkylation sites (N-methyl/N-ethyl adjacent to an activating group) is 1. The quantitative estimate of drug-likeness (QED) is 0.187. The molecule has 2 rings (SSSR count). The second kappa shape index (κ2) is 14.3. The van der Waals surface area contributed by atoms with Gasteiger partial charge in [0.05, 0.1) is 18.9 Å². The van der Waals surface area contributed by atoms with Gasteiger partial charge in [-0.05, 0) is 55.8 Å². The molecule has 0 saturated carbocycles. The summed E-state index contributed by atoms with van der Waals surface area (Å²) in [6.07, 6.45) is 1.73. The number of phenolic OH excluding ortho intramolecular Hbond substituents is 1. The number of benzene rings is 2. The Morgan fingerprint density at radius 2 is 1.68 bits per heavy atom. The SMILES string of the molecule is COc1ccc(CC(C)N(C)CC(O)c2ccc(O)c(NC=O)c2)cc1.O=C(O)/C=C/C(=O)O. The Hall–Kier alpha value is -3.89. The van der Waals surface area contributed by atoms with Crippen molar-refractivity contribution < 1.29 is 39.5 Å². The number of carboxylic acid groups (broad SMARTS) is 2. The van der Waals surface area contributed by atoms with Gasteiger partial charge in [0.2, 0.25) is 6.41 Å². The fourth-order valence-electron chi connectivity index (χ4n) is 2.90. The molecule has 0 aliphatic carbocycles.